The van der Waals surface area contributed by atoms with Crippen molar-refractivity contribution >= 4 is 11.6 Å². The SMILES string of the molecule is COc1cccc(C(=O)Nc2cccc3c2CN(CC(C)C)C3)c1OC(F)F. The molecule has 0 radical (unpaired) electrons. The molecule has 0 saturated heterocycles. The van der Waals surface area contributed by atoms with Crippen LogP contribution in [-0.2, 0) is 13.1 Å². The summed E-state index contributed by atoms with van der Waals surface area (Å²) in [6.45, 7) is 3.80. The first-order valence-corrected chi connectivity index (χ1v) is 9.15. The third kappa shape index (κ3) is 4.42. The quantitative estimate of drug-likeness (QED) is 0.755. The lowest BCUT2D eigenvalue weighted by molar-refractivity contribution is -0.0515. The second-order valence-corrected chi connectivity index (χ2v) is 7.18. The summed E-state index contributed by atoms with van der Waals surface area (Å²) in [4.78, 5) is 15.2. The molecule has 1 amide bonds. The van der Waals surface area contributed by atoms with E-state index in [0.717, 1.165) is 30.8 Å². The van der Waals surface area contributed by atoms with Crippen molar-refractivity contribution in [2.24, 2.45) is 5.92 Å². The van der Waals surface area contributed by atoms with Crippen molar-refractivity contribution in [3.8, 4) is 11.5 Å². The molecule has 0 aliphatic carbocycles. The smallest absolute Gasteiger partial charge is 0.387 e. The van der Waals surface area contributed by atoms with Crippen LogP contribution in [-0.4, -0.2) is 31.1 Å². The zero-order valence-electron chi connectivity index (χ0n) is 16.2. The lowest BCUT2D eigenvalue weighted by Crippen LogP contribution is -2.22. The molecule has 0 fully saturated rings. The third-order valence-electron chi connectivity index (χ3n) is 4.57. The van der Waals surface area contributed by atoms with E-state index in [1.807, 2.05) is 18.2 Å². The first-order valence-electron chi connectivity index (χ1n) is 9.15. The highest BCUT2D eigenvalue weighted by Crippen LogP contribution is 2.34. The van der Waals surface area contributed by atoms with E-state index in [0.29, 0.717) is 11.6 Å². The van der Waals surface area contributed by atoms with Crippen LogP contribution in [0.25, 0.3) is 0 Å². The van der Waals surface area contributed by atoms with Crippen LogP contribution >= 0.6 is 0 Å². The summed E-state index contributed by atoms with van der Waals surface area (Å²) >= 11 is 0. The maximum atomic E-state index is 12.8. The van der Waals surface area contributed by atoms with E-state index >= 15 is 0 Å². The number of nitrogens with zero attached hydrogens (tertiary/aromatic N) is 1. The molecule has 28 heavy (non-hydrogen) atoms. The predicted octanol–water partition coefficient (Wildman–Crippen LogP) is 4.52. The molecule has 150 valence electrons. The first kappa shape index (κ1) is 20.1. The third-order valence-corrected chi connectivity index (χ3v) is 4.57. The maximum absolute atomic E-state index is 12.8. The van der Waals surface area contributed by atoms with Gasteiger partial charge in [-0.25, -0.2) is 0 Å². The fraction of sp³-hybridized carbons (Fsp3) is 0.381. The number of nitrogens with one attached hydrogen (secondary N) is 1. The molecule has 1 N–H and O–H groups in total. The molecule has 2 aromatic rings. The molecule has 1 aliphatic heterocycles. The molecule has 1 aliphatic rings. The minimum absolute atomic E-state index is 0.00529. The highest BCUT2D eigenvalue weighted by molar-refractivity contribution is 6.07. The number of ether oxygens (including phenoxy) is 2. The molecule has 0 unspecified atom stereocenters. The van der Waals surface area contributed by atoms with E-state index in [1.54, 1.807) is 6.07 Å². The van der Waals surface area contributed by atoms with E-state index in [2.05, 4.69) is 28.8 Å². The van der Waals surface area contributed by atoms with Gasteiger partial charge < -0.3 is 14.8 Å². The molecular weight excluding hydrogens is 366 g/mol. The molecule has 7 heteroatoms. The Kier molecular flexibility index (Phi) is 6.14. The normalized spacial score (nSPS) is 13.7. The molecule has 3 rings (SSSR count). The van der Waals surface area contributed by atoms with Gasteiger partial charge in [-0.2, -0.15) is 8.78 Å². The van der Waals surface area contributed by atoms with Crippen LogP contribution in [0.15, 0.2) is 36.4 Å². The van der Waals surface area contributed by atoms with Crippen LogP contribution in [0.2, 0.25) is 0 Å². The number of hydrogen-bond donors (Lipinski definition) is 1. The lowest BCUT2D eigenvalue weighted by Gasteiger charge is -2.17. The molecule has 5 nitrogen and oxygen atoms in total. The van der Waals surface area contributed by atoms with Crippen molar-refractivity contribution in [2.75, 3.05) is 19.0 Å². The average Bonchev–Trinajstić information content (AvgIpc) is 3.04. The number of carbonyl (C=O) groups is 1. The fourth-order valence-electron chi connectivity index (χ4n) is 3.51. The van der Waals surface area contributed by atoms with E-state index < -0.39 is 12.5 Å². The van der Waals surface area contributed by atoms with Gasteiger partial charge in [0.05, 0.1) is 12.7 Å². The Morgan fingerprint density at radius 2 is 1.93 bits per heavy atom. The number of carbonyl (C=O) groups excluding carboxylic acids is 1. The van der Waals surface area contributed by atoms with Crippen LogP contribution in [0.5, 0.6) is 11.5 Å². The average molecular weight is 390 g/mol. The van der Waals surface area contributed by atoms with Gasteiger partial charge in [0.2, 0.25) is 0 Å². The summed E-state index contributed by atoms with van der Waals surface area (Å²) in [5.41, 5.74) is 2.89. The van der Waals surface area contributed by atoms with Crippen molar-refractivity contribution in [3.63, 3.8) is 0 Å². The fourth-order valence-corrected chi connectivity index (χ4v) is 3.51. The van der Waals surface area contributed by atoms with Gasteiger partial charge >= 0.3 is 6.61 Å². The van der Waals surface area contributed by atoms with Crippen LogP contribution in [0.4, 0.5) is 14.5 Å². The van der Waals surface area contributed by atoms with Gasteiger partial charge in [-0.05, 0) is 35.2 Å². The molecule has 0 atom stereocenters. The predicted molar refractivity (Wildman–Crippen MR) is 103 cm³/mol. The summed E-state index contributed by atoms with van der Waals surface area (Å²) in [5, 5.41) is 2.85. The largest absolute Gasteiger partial charge is 0.493 e. The Morgan fingerprint density at radius 1 is 1.18 bits per heavy atom. The van der Waals surface area contributed by atoms with Crippen LogP contribution < -0.4 is 14.8 Å². The molecule has 0 bridgehead atoms. The van der Waals surface area contributed by atoms with Gasteiger partial charge in [-0.15, -0.1) is 0 Å². The first-order chi connectivity index (χ1) is 13.4. The second kappa shape index (κ2) is 8.56. The number of benzene rings is 2. The van der Waals surface area contributed by atoms with Gasteiger partial charge in [0.15, 0.2) is 11.5 Å². The molecule has 0 spiro atoms. The number of para-hydroxylation sites is 1. The van der Waals surface area contributed by atoms with Gasteiger partial charge in [0.1, 0.15) is 0 Å². The van der Waals surface area contributed by atoms with E-state index in [1.165, 1.54) is 19.2 Å². The summed E-state index contributed by atoms with van der Waals surface area (Å²) < 4.78 is 35.3. The van der Waals surface area contributed by atoms with E-state index in [-0.39, 0.29) is 17.1 Å². The van der Waals surface area contributed by atoms with Gasteiger partial charge in [-0.1, -0.05) is 32.0 Å². The number of hydrogen-bond acceptors (Lipinski definition) is 4. The van der Waals surface area contributed by atoms with E-state index in [9.17, 15) is 13.6 Å². The number of alkyl halides is 2. The number of amides is 1. The van der Waals surface area contributed by atoms with Crippen LogP contribution in [0.1, 0.15) is 35.3 Å². The minimum Gasteiger partial charge on any atom is -0.493 e. The number of halogens is 2. The Labute approximate surface area is 163 Å². The van der Waals surface area contributed by atoms with Gasteiger partial charge in [0.25, 0.3) is 5.91 Å². The highest BCUT2D eigenvalue weighted by Gasteiger charge is 2.25. The number of anilines is 1. The molecule has 0 aromatic heterocycles. The standard InChI is InChI=1S/C21H24F2N2O3/c1-13(2)10-25-11-14-6-4-8-17(16(14)12-25)24-20(26)15-7-5-9-18(27-3)19(15)28-21(22)23/h4-9,13,21H,10-12H2,1-3H3,(H,24,26). The van der Waals surface area contributed by atoms with Gasteiger partial charge in [-0.3, -0.25) is 9.69 Å². The summed E-state index contributed by atoms with van der Waals surface area (Å²) in [6.07, 6.45) is 0. The van der Waals surface area contributed by atoms with Crippen molar-refractivity contribution < 1.29 is 23.0 Å². The second-order valence-electron chi connectivity index (χ2n) is 7.18. The molecule has 1 heterocycles. The number of fused-ring (bicyclic) bond motifs is 1. The number of methoxy groups -OCH3 is 1. The molecule has 0 saturated carbocycles. The maximum Gasteiger partial charge on any atom is 0.387 e. The molecule has 2 aromatic carbocycles. The van der Waals surface area contributed by atoms with Crippen LogP contribution in [0.3, 0.4) is 0 Å². The summed E-state index contributed by atoms with van der Waals surface area (Å²) in [5.74, 6) is -0.177. The molecular formula is C21H24F2N2O3. The van der Waals surface area contributed by atoms with Crippen molar-refractivity contribution in [3.05, 3.63) is 53.1 Å². The summed E-state index contributed by atoms with van der Waals surface area (Å²) in [6, 6.07) is 10.2. The summed E-state index contributed by atoms with van der Waals surface area (Å²) in [7, 11) is 1.34. The lowest BCUT2D eigenvalue weighted by atomic mass is 10.1. The Balaban J connectivity index is 1.85. The number of rotatable bonds is 7. The van der Waals surface area contributed by atoms with Gasteiger partial charge in [0, 0.05) is 25.3 Å². The minimum atomic E-state index is -3.06. The topological polar surface area (TPSA) is 50.8 Å². The Hall–Kier alpha value is -2.67. The Morgan fingerprint density at radius 3 is 2.61 bits per heavy atom. The monoisotopic (exact) mass is 390 g/mol. The highest BCUT2D eigenvalue weighted by atomic mass is 19.3. The van der Waals surface area contributed by atoms with Crippen LogP contribution in [0, 0.1) is 5.92 Å². The van der Waals surface area contributed by atoms with E-state index in [4.69, 9.17) is 4.74 Å². The van der Waals surface area contributed by atoms with Crippen molar-refractivity contribution in [1.82, 2.24) is 4.90 Å². The zero-order chi connectivity index (χ0) is 20.3. The Bertz CT molecular complexity index is 856. The van der Waals surface area contributed by atoms with Crippen molar-refractivity contribution in [1.29, 1.82) is 0 Å². The van der Waals surface area contributed by atoms with Crippen molar-refractivity contribution in [2.45, 2.75) is 33.5 Å². The zero-order valence-corrected chi connectivity index (χ0v) is 16.2.